The van der Waals surface area contributed by atoms with Gasteiger partial charge in [0.25, 0.3) is 0 Å². The monoisotopic (exact) mass is 263 g/mol. The number of pyridine rings is 1. The molecule has 3 heteroatoms. The second-order valence-electron chi connectivity index (χ2n) is 2.03. The third-order valence-electron chi connectivity index (χ3n) is 1.21. The third-order valence-corrected chi connectivity index (χ3v) is 2.21. The topological polar surface area (TPSA) is 12.9 Å². The molecule has 0 aliphatic carbocycles. The molecule has 54 valence electrons. The molecular weight excluding hydrogens is 258 g/mol. The summed E-state index contributed by atoms with van der Waals surface area (Å²) in [6, 6.07) is 3.98. The van der Waals surface area contributed by atoms with E-state index in [9.17, 15) is 0 Å². The van der Waals surface area contributed by atoms with E-state index in [1.165, 1.54) is 5.56 Å². The number of alkyl halides is 1. The first kappa shape index (κ1) is 8.21. The lowest BCUT2D eigenvalue weighted by Gasteiger charge is -2.00. The molecule has 0 saturated carbocycles. The van der Waals surface area contributed by atoms with Gasteiger partial charge in [0.1, 0.15) is 4.60 Å². The summed E-state index contributed by atoms with van der Waals surface area (Å²) in [7, 11) is 0. The van der Waals surface area contributed by atoms with E-state index in [0.29, 0.717) is 4.83 Å². The van der Waals surface area contributed by atoms with E-state index in [2.05, 4.69) is 43.8 Å². The molecule has 0 aliphatic heterocycles. The van der Waals surface area contributed by atoms with Crippen molar-refractivity contribution in [1.29, 1.82) is 0 Å². The van der Waals surface area contributed by atoms with E-state index < -0.39 is 0 Å². The number of aromatic nitrogens is 1. The summed E-state index contributed by atoms with van der Waals surface area (Å²) in [6.45, 7) is 2.07. The molecule has 0 fully saturated rings. The van der Waals surface area contributed by atoms with Crippen LogP contribution >= 0.6 is 31.9 Å². The van der Waals surface area contributed by atoms with Crippen molar-refractivity contribution in [3.8, 4) is 0 Å². The van der Waals surface area contributed by atoms with Gasteiger partial charge in [0.15, 0.2) is 0 Å². The maximum Gasteiger partial charge on any atom is 0.106 e. The fourth-order valence-corrected chi connectivity index (χ4v) is 1.13. The SMILES string of the molecule is C[C@@H](Br)c1ccc(Br)nc1. The van der Waals surface area contributed by atoms with Crippen LogP contribution in [0.15, 0.2) is 22.9 Å². The van der Waals surface area contributed by atoms with Crippen LogP contribution in [-0.2, 0) is 0 Å². The van der Waals surface area contributed by atoms with Crippen molar-refractivity contribution in [3.63, 3.8) is 0 Å². The summed E-state index contributed by atoms with van der Waals surface area (Å²) in [4.78, 5) is 4.47. The summed E-state index contributed by atoms with van der Waals surface area (Å²) in [5, 5.41) is 0. The lowest BCUT2D eigenvalue weighted by atomic mass is 10.2. The first-order valence-corrected chi connectivity index (χ1v) is 4.66. The molecule has 0 bridgehead atoms. The van der Waals surface area contributed by atoms with Crippen LogP contribution in [0.5, 0.6) is 0 Å². The molecule has 1 nitrogen and oxygen atoms in total. The van der Waals surface area contributed by atoms with Crippen LogP contribution in [0.1, 0.15) is 17.3 Å². The summed E-state index contributed by atoms with van der Waals surface area (Å²) in [6.07, 6.45) is 1.85. The van der Waals surface area contributed by atoms with Gasteiger partial charge in [0.2, 0.25) is 0 Å². The first-order valence-electron chi connectivity index (χ1n) is 2.95. The van der Waals surface area contributed by atoms with E-state index in [1.807, 2.05) is 18.3 Å². The van der Waals surface area contributed by atoms with E-state index in [4.69, 9.17) is 0 Å². The Morgan fingerprint density at radius 2 is 2.20 bits per heavy atom. The highest BCUT2D eigenvalue weighted by atomic mass is 79.9. The predicted octanol–water partition coefficient (Wildman–Crippen LogP) is 3.30. The van der Waals surface area contributed by atoms with Crippen molar-refractivity contribution < 1.29 is 0 Å². The molecule has 1 aromatic rings. The van der Waals surface area contributed by atoms with Crippen molar-refractivity contribution in [3.05, 3.63) is 28.5 Å². The van der Waals surface area contributed by atoms with Crippen LogP contribution in [-0.4, -0.2) is 4.98 Å². The molecule has 0 radical (unpaired) electrons. The molecule has 0 unspecified atom stereocenters. The lowest BCUT2D eigenvalue weighted by Crippen LogP contribution is -1.84. The van der Waals surface area contributed by atoms with Crippen molar-refractivity contribution >= 4 is 31.9 Å². The molecule has 0 amide bonds. The van der Waals surface area contributed by atoms with E-state index in [1.54, 1.807) is 0 Å². The summed E-state index contributed by atoms with van der Waals surface area (Å²) in [5.74, 6) is 0. The van der Waals surface area contributed by atoms with Crippen LogP contribution < -0.4 is 0 Å². The van der Waals surface area contributed by atoms with Gasteiger partial charge in [-0.2, -0.15) is 0 Å². The van der Waals surface area contributed by atoms with E-state index >= 15 is 0 Å². The second kappa shape index (κ2) is 3.49. The quantitative estimate of drug-likeness (QED) is 0.560. The van der Waals surface area contributed by atoms with Gasteiger partial charge in [0, 0.05) is 11.0 Å². The Morgan fingerprint density at radius 3 is 2.60 bits per heavy atom. The Hall–Kier alpha value is 0.110. The fourth-order valence-electron chi connectivity index (χ4n) is 0.623. The predicted molar refractivity (Wildman–Crippen MR) is 49.3 cm³/mol. The van der Waals surface area contributed by atoms with Gasteiger partial charge in [-0.25, -0.2) is 4.98 Å². The summed E-state index contributed by atoms with van der Waals surface area (Å²) >= 11 is 6.72. The lowest BCUT2D eigenvalue weighted by molar-refractivity contribution is 1.08. The van der Waals surface area contributed by atoms with Crippen LogP contribution in [0.4, 0.5) is 0 Å². The smallest absolute Gasteiger partial charge is 0.106 e. The zero-order chi connectivity index (χ0) is 7.56. The third kappa shape index (κ3) is 2.06. The molecule has 0 saturated heterocycles. The van der Waals surface area contributed by atoms with Gasteiger partial charge in [-0.15, -0.1) is 0 Å². The Kier molecular flexibility index (Phi) is 2.86. The molecule has 10 heavy (non-hydrogen) atoms. The highest BCUT2D eigenvalue weighted by molar-refractivity contribution is 9.10. The number of hydrogen-bond acceptors (Lipinski definition) is 1. The van der Waals surface area contributed by atoms with Gasteiger partial charge >= 0.3 is 0 Å². The Morgan fingerprint density at radius 1 is 1.50 bits per heavy atom. The minimum atomic E-state index is 0.382. The van der Waals surface area contributed by atoms with Crippen LogP contribution in [0.3, 0.4) is 0 Å². The summed E-state index contributed by atoms with van der Waals surface area (Å²) < 4.78 is 0.879. The minimum absolute atomic E-state index is 0.382. The number of halogens is 2. The second-order valence-corrected chi connectivity index (χ2v) is 4.22. The number of rotatable bonds is 1. The highest BCUT2D eigenvalue weighted by Crippen LogP contribution is 2.21. The fraction of sp³-hybridized carbons (Fsp3) is 0.286. The largest absolute Gasteiger partial charge is 0.249 e. The number of hydrogen-bond donors (Lipinski definition) is 0. The van der Waals surface area contributed by atoms with Crippen molar-refractivity contribution in [1.82, 2.24) is 4.98 Å². The molecule has 1 heterocycles. The molecule has 0 aliphatic rings. The molecular formula is C7H7Br2N. The Labute approximate surface area is 77.1 Å². The molecule has 0 N–H and O–H groups in total. The highest BCUT2D eigenvalue weighted by Gasteiger charge is 1.98. The van der Waals surface area contributed by atoms with Crippen LogP contribution in [0.25, 0.3) is 0 Å². The zero-order valence-corrected chi connectivity index (χ0v) is 8.68. The van der Waals surface area contributed by atoms with Crippen molar-refractivity contribution in [2.24, 2.45) is 0 Å². The minimum Gasteiger partial charge on any atom is -0.249 e. The van der Waals surface area contributed by atoms with Crippen LogP contribution in [0.2, 0.25) is 0 Å². The van der Waals surface area contributed by atoms with Gasteiger partial charge in [0.05, 0.1) is 0 Å². The first-order chi connectivity index (χ1) is 4.70. The van der Waals surface area contributed by atoms with Gasteiger partial charge < -0.3 is 0 Å². The summed E-state index contributed by atoms with van der Waals surface area (Å²) in [5.41, 5.74) is 1.20. The molecule has 0 spiro atoms. The Bertz CT molecular complexity index is 205. The number of nitrogens with zero attached hydrogens (tertiary/aromatic N) is 1. The molecule has 0 aromatic carbocycles. The maximum atomic E-state index is 4.09. The standard InChI is InChI=1S/C7H7Br2N/c1-5(8)6-2-3-7(9)10-4-6/h2-5H,1H3/t5-/m1/s1. The normalized spacial score (nSPS) is 13.1. The van der Waals surface area contributed by atoms with Crippen molar-refractivity contribution in [2.45, 2.75) is 11.8 Å². The van der Waals surface area contributed by atoms with Gasteiger partial charge in [-0.1, -0.05) is 22.0 Å². The van der Waals surface area contributed by atoms with Gasteiger partial charge in [-0.3, -0.25) is 0 Å². The average molecular weight is 265 g/mol. The van der Waals surface area contributed by atoms with Gasteiger partial charge in [-0.05, 0) is 34.5 Å². The molecule has 1 rings (SSSR count). The van der Waals surface area contributed by atoms with Crippen LogP contribution in [0, 0.1) is 0 Å². The Balaban J connectivity index is 2.89. The van der Waals surface area contributed by atoms with Crippen molar-refractivity contribution in [2.75, 3.05) is 0 Å². The zero-order valence-electron chi connectivity index (χ0n) is 5.51. The van der Waals surface area contributed by atoms with E-state index in [-0.39, 0.29) is 0 Å². The molecule has 1 atom stereocenters. The molecule has 1 aromatic heterocycles. The van der Waals surface area contributed by atoms with E-state index in [0.717, 1.165) is 4.60 Å². The average Bonchev–Trinajstić information content (AvgIpc) is 1.88. The maximum absolute atomic E-state index is 4.09.